The molecule has 2 N–H and O–H groups in total. The first kappa shape index (κ1) is 19.5. The number of rotatable bonds is 5. The van der Waals surface area contributed by atoms with E-state index in [9.17, 15) is 13.2 Å². The summed E-state index contributed by atoms with van der Waals surface area (Å²) in [5.74, 6) is -0.362. The third-order valence-electron chi connectivity index (χ3n) is 5.38. The van der Waals surface area contributed by atoms with Crippen molar-refractivity contribution in [3.8, 4) is 11.3 Å². The maximum atomic E-state index is 12.3. The van der Waals surface area contributed by atoms with E-state index in [2.05, 4.69) is 41.5 Å². The quantitative estimate of drug-likeness (QED) is 0.669. The molecule has 0 unspecified atom stereocenters. The van der Waals surface area contributed by atoms with Gasteiger partial charge < -0.3 is 10.3 Å². The maximum absolute atomic E-state index is 12.3. The first-order valence-corrected chi connectivity index (χ1v) is 11.4. The van der Waals surface area contributed by atoms with Crippen molar-refractivity contribution in [2.75, 3.05) is 5.75 Å². The van der Waals surface area contributed by atoms with Gasteiger partial charge in [-0.1, -0.05) is 48.0 Å². The zero-order chi connectivity index (χ0) is 20.6. The predicted molar refractivity (Wildman–Crippen MR) is 116 cm³/mol. The average molecular weight is 409 g/mol. The van der Waals surface area contributed by atoms with Crippen molar-refractivity contribution in [2.45, 2.75) is 26.8 Å². The van der Waals surface area contributed by atoms with Crippen LogP contribution < -0.4 is 5.32 Å². The molecule has 0 radical (unpaired) electrons. The molecule has 1 aliphatic heterocycles. The fourth-order valence-corrected chi connectivity index (χ4v) is 5.36. The summed E-state index contributed by atoms with van der Waals surface area (Å²) >= 11 is 0. The number of H-pyrrole nitrogens is 1. The van der Waals surface area contributed by atoms with E-state index in [1.54, 1.807) is 6.08 Å². The van der Waals surface area contributed by atoms with E-state index in [1.807, 2.05) is 25.1 Å². The molecule has 0 bridgehead atoms. The SMILES string of the molecule is Cc1cc(CNC(=O)C[C@@H]2C=CS(=O)(=O)C2)c2[nH]c(-c3ccccc3)c(C)c2c1. The Balaban J connectivity index is 1.56. The summed E-state index contributed by atoms with van der Waals surface area (Å²) in [7, 11) is -3.14. The summed E-state index contributed by atoms with van der Waals surface area (Å²) in [5, 5.41) is 5.31. The van der Waals surface area contributed by atoms with E-state index in [-0.39, 0.29) is 24.0 Å². The minimum absolute atomic E-state index is 0.0192. The van der Waals surface area contributed by atoms with Crippen molar-refractivity contribution < 1.29 is 13.2 Å². The molecule has 4 rings (SSSR count). The number of allylic oxidation sites excluding steroid dienone is 1. The van der Waals surface area contributed by atoms with Crippen LogP contribution in [0.4, 0.5) is 0 Å². The summed E-state index contributed by atoms with van der Waals surface area (Å²) in [6.45, 7) is 4.55. The van der Waals surface area contributed by atoms with Gasteiger partial charge in [0.05, 0.1) is 11.3 Å². The molecule has 6 heteroatoms. The molecule has 1 amide bonds. The Labute approximate surface area is 170 Å². The summed E-state index contributed by atoms with van der Waals surface area (Å²) in [6.07, 6.45) is 1.80. The zero-order valence-electron chi connectivity index (χ0n) is 16.5. The topological polar surface area (TPSA) is 79.0 Å². The van der Waals surface area contributed by atoms with Crippen LogP contribution >= 0.6 is 0 Å². The first-order valence-electron chi connectivity index (χ1n) is 9.67. The third-order valence-corrected chi connectivity index (χ3v) is 6.85. The van der Waals surface area contributed by atoms with Crippen molar-refractivity contribution in [2.24, 2.45) is 5.92 Å². The molecule has 1 aromatic heterocycles. The van der Waals surface area contributed by atoms with Gasteiger partial charge in [-0.2, -0.15) is 0 Å². The lowest BCUT2D eigenvalue weighted by Crippen LogP contribution is -2.25. The highest BCUT2D eigenvalue weighted by atomic mass is 32.2. The Kier molecular flexibility index (Phi) is 5.04. The van der Waals surface area contributed by atoms with Gasteiger partial charge in [0.2, 0.25) is 5.91 Å². The molecule has 5 nitrogen and oxygen atoms in total. The number of hydrogen-bond donors (Lipinski definition) is 2. The van der Waals surface area contributed by atoms with E-state index in [4.69, 9.17) is 0 Å². The monoisotopic (exact) mass is 408 g/mol. The van der Waals surface area contributed by atoms with Gasteiger partial charge in [-0.15, -0.1) is 0 Å². The second-order valence-electron chi connectivity index (χ2n) is 7.74. The number of carbonyl (C=O) groups is 1. The van der Waals surface area contributed by atoms with Gasteiger partial charge in [0.25, 0.3) is 0 Å². The second-order valence-corrected chi connectivity index (χ2v) is 9.67. The highest BCUT2D eigenvalue weighted by Crippen LogP contribution is 2.32. The standard InChI is InChI=1S/C23H24N2O3S/c1-15-10-19(13-24-21(26)12-17-8-9-29(27,28)14-17)23-20(11-15)16(2)22(25-23)18-6-4-3-5-7-18/h3-11,17,25H,12-14H2,1-2H3,(H,24,26)/t17-/m0/s1. The highest BCUT2D eigenvalue weighted by Gasteiger charge is 2.24. The van der Waals surface area contributed by atoms with E-state index in [1.165, 1.54) is 11.0 Å². The lowest BCUT2D eigenvalue weighted by molar-refractivity contribution is -0.121. The number of hydrogen-bond acceptors (Lipinski definition) is 3. The fourth-order valence-electron chi connectivity index (χ4n) is 3.96. The van der Waals surface area contributed by atoms with Crippen LogP contribution in [0.1, 0.15) is 23.1 Å². The van der Waals surface area contributed by atoms with Gasteiger partial charge in [-0.05, 0) is 36.6 Å². The van der Waals surface area contributed by atoms with E-state index >= 15 is 0 Å². The Morgan fingerprint density at radius 3 is 2.62 bits per heavy atom. The number of aryl methyl sites for hydroxylation is 2. The molecule has 0 fully saturated rings. The smallest absolute Gasteiger partial charge is 0.220 e. The lowest BCUT2D eigenvalue weighted by Gasteiger charge is -2.10. The van der Waals surface area contributed by atoms with Crippen LogP contribution in [0, 0.1) is 19.8 Å². The van der Waals surface area contributed by atoms with Crippen LogP contribution in [0.15, 0.2) is 53.9 Å². The molecule has 2 heterocycles. The van der Waals surface area contributed by atoms with Gasteiger partial charge in [-0.3, -0.25) is 4.79 Å². The van der Waals surface area contributed by atoms with Crippen LogP contribution in [-0.4, -0.2) is 25.1 Å². The third kappa shape index (κ3) is 4.12. The summed E-state index contributed by atoms with van der Waals surface area (Å²) in [6, 6.07) is 14.4. The van der Waals surface area contributed by atoms with Crippen LogP contribution in [0.25, 0.3) is 22.2 Å². The lowest BCUT2D eigenvalue weighted by atomic mass is 10.0. The minimum Gasteiger partial charge on any atom is -0.354 e. The van der Waals surface area contributed by atoms with Gasteiger partial charge >= 0.3 is 0 Å². The summed E-state index contributed by atoms with van der Waals surface area (Å²) in [4.78, 5) is 15.9. The molecule has 3 aromatic rings. The van der Waals surface area contributed by atoms with Crippen LogP contribution in [0.3, 0.4) is 0 Å². The zero-order valence-corrected chi connectivity index (χ0v) is 17.3. The fraction of sp³-hybridized carbons (Fsp3) is 0.261. The van der Waals surface area contributed by atoms with Crippen molar-refractivity contribution in [3.05, 3.63) is 70.6 Å². The average Bonchev–Trinajstić information content (AvgIpc) is 3.19. The van der Waals surface area contributed by atoms with Gasteiger partial charge in [0, 0.05) is 35.4 Å². The van der Waals surface area contributed by atoms with Crippen molar-refractivity contribution in [3.63, 3.8) is 0 Å². The maximum Gasteiger partial charge on any atom is 0.220 e. The number of nitrogens with one attached hydrogen (secondary N) is 2. The second kappa shape index (κ2) is 7.52. The molecule has 0 aliphatic carbocycles. The van der Waals surface area contributed by atoms with Crippen molar-refractivity contribution in [1.82, 2.24) is 10.3 Å². The Morgan fingerprint density at radius 2 is 1.93 bits per heavy atom. The molecule has 0 spiro atoms. The first-order chi connectivity index (χ1) is 13.8. The van der Waals surface area contributed by atoms with E-state index in [0.717, 1.165) is 33.3 Å². The molecule has 0 saturated heterocycles. The molecule has 0 saturated carbocycles. The largest absolute Gasteiger partial charge is 0.354 e. The Bertz CT molecular complexity index is 1210. The van der Waals surface area contributed by atoms with Crippen molar-refractivity contribution in [1.29, 1.82) is 0 Å². The Hall–Kier alpha value is -2.86. The van der Waals surface area contributed by atoms with Crippen LogP contribution in [0.2, 0.25) is 0 Å². The van der Waals surface area contributed by atoms with Gasteiger partial charge in [-0.25, -0.2) is 8.42 Å². The summed E-state index contributed by atoms with van der Waals surface area (Å²) < 4.78 is 23.0. The van der Waals surface area contributed by atoms with Gasteiger partial charge in [0.1, 0.15) is 0 Å². The summed E-state index contributed by atoms with van der Waals surface area (Å²) in [5.41, 5.74) is 6.57. The molecular weight excluding hydrogens is 384 g/mol. The Morgan fingerprint density at radius 1 is 1.17 bits per heavy atom. The predicted octanol–water partition coefficient (Wildman–Crippen LogP) is 4.02. The normalized spacial score (nSPS) is 17.7. The van der Waals surface area contributed by atoms with Crippen molar-refractivity contribution >= 4 is 26.6 Å². The van der Waals surface area contributed by atoms with E-state index in [0.29, 0.717) is 6.54 Å². The van der Waals surface area contributed by atoms with Crippen LogP contribution in [0.5, 0.6) is 0 Å². The minimum atomic E-state index is -3.14. The number of amides is 1. The number of sulfone groups is 1. The number of aromatic amines is 1. The highest BCUT2D eigenvalue weighted by molar-refractivity contribution is 7.94. The number of aromatic nitrogens is 1. The number of fused-ring (bicyclic) bond motifs is 1. The number of benzene rings is 2. The molecule has 29 heavy (non-hydrogen) atoms. The molecule has 1 aliphatic rings. The number of carbonyl (C=O) groups excluding carboxylic acids is 1. The molecular formula is C23H24N2O3S. The molecule has 150 valence electrons. The van der Waals surface area contributed by atoms with Crippen LogP contribution in [-0.2, 0) is 21.2 Å². The van der Waals surface area contributed by atoms with E-state index < -0.39 is 9.84 Å². The molecule has 1 atom stereocenters. The van der Waals surface area contributed by atoms with Gasteiger partial charge in [0.15, 0.2) is 9.84 Å². The molecule has 2 aromatic carbocycles.